The molecule has 4 aromatic heterocycles. The molecule has 9 heterocycles. The zero-order valence-electron chi connectivity index (χ0n) is 47.5. The third-order valence-electron chi connectivity index (χ3n) is 17.9. The van der Waals surface area contributed by atoms with E-state index in [2.05, 4.69) is 62.5 Å². The highest BCUT2D eigenvalue weighted by Gasteiger charge is 2.53. The third-order valence-corrected chi connectivity index (χ3v) is 17.9. The summed E-state index contributed by atoms with van der Waals surface area (Å²) in [6, 6.07) is 14.4. The van der Waals surface area contributed by atoms with Crippen LogP contribution in [-0.2, 0) is 22.1 Å². The number of carbonyl (C=O) groups excluding carboxylic acids is 2. The summed E-state index contributed by atoms with van der Waals surface area (Å²) in [5, 5.41) is 47.7. The summed E-state index contributed by atoms with van der Waals surface area (Å²) in [6.07, 6.45) is 12.5. The minimum atomic E-state index is -1.70. The van der Waals surface area contributed by atoms with Crippen LogP contribution in [0, 0.1) is 24.0 Å². The summed E-state index contributed by atoms with van der Waals surface area (Å²) in [7, 11) is 1.87. The number of terminal acetylenes is 1. The number of piperidine rings is 1. The lowest BCUT2D eigenvalue weighted by Gasteiger charge is -2.44. The van der Waals surface area contributed by atoms with Crippen LogP contribution in [0.3, 0.4) is 0 Å². The number of alkyl halides is 1. The van der Waals surface area contributed by atoms with Crippen molar-refractivity contribution in [2.75, 3.05) is 62.2 Å². The fourth-order valence-corrected chi connectivity index (χ4v) is 13.6. The number of carbonyl (C=O) groups is 2. The van der Waals surface area contributed by atoms with Crippen molar-refractivity contribution in [2.45, 2.75) is 125 Å². The number of phenolic OH excluding ortho intramolecular Hbond substituents is 1. The molecule has 0 radical (unpaired) electrons. The van der Waals surface area contributed by atoms with E-state index in [9.17, 15) is 19.8 Å². The quantitative estimate of drug-likeness (QED) is 0.0384. The molecule has 7 aromatic rings. The largest absolute Gasteiger partial charge is 0.508 e. The van der Waals surface area contributed by atoms with Gasteiger partial charge in [0, 0.05) is 119 Å². The molecule has 5 fully saturated rings. The van der Waals surface area contributed by atoms with Crippen LogP contribution >= 0.6 is 0 Å². The van der Waals surface area contributed by atoms with Crippen LogP contribution in [0.15, 0.2) is 77.7 Å². The summed E-state index contributed by atoms with van der Waals surface area (Å²) in [4.78, 5) is 47.3. The van der Waals surface area contributed by atoms with E-state index in [0.29, 0.717) is 73.7 Å². The van der Waals surface area contributed by atoms with Crippen molar-refractivity contribution in [1.82, 2.24) is 56.5 Å². The number of phenols is 1. The molecule has 84 heavy (non-hydrogen) atoms. The lowest BCUT2D eigenvalue weighted by molar-refractivity contribution is -0.138. The monoisotopic (exact) mass is 1150 g/mol. The number of amides is 1. The Morgan fingerprint density at radius 2 is 1.83 bits per heavy atom. The van der Waals surface area contributed by atoms with Gasteiger partial charge in [0.05, 0.1) is 41.6 Å². The molecular formula is C62H70F3N13O6. The highest BCUT2D eigenvalue weighted by atomic mass is 19.1. The normalized spacial score (nSPS) is 24.8. The zero-order valence-corrected chi connectivity index (χ0v) is 47.5. The molecule has 19 nitrogen and oxygen atoms in total. The SMILES string of the molecule is C#Cc1c(F)ccc2cc(O)cc(-c3ncc4c(N5CC6CCC(C5)N6)nc(OCCC5CC(F)(CC6CNCCN6c6cnoc6C(C)(C)CC(=O)[C@@]6(C(=O)N[C@@H](C)c7ccc(-c8ccnn8C)cc7)CC(O)CN6)CCN5)nc4c3F)c12. The average molecular weight is 1150 g/mol. The number of aliphatic hydroxyl groups is 1. The topological polar surface area (TPSA) is 233 Å². The van der Waals surface area contributed by atoms with E-state index in [1.54, 1.807) is 17.1 Å². The number of nitrogens with zero attached hydrogens (tertiary/aromatic N) is 8. The van der Waals surface area contributed by atoms with Gasteiger partial charge in [0.25, 0.3) is 0 Å². The number of nitrogens with one attached hydrogen (secondary N) is 5. The second-order valence-corrected chi connectivity index (χ2v) is 24.2. The molecule has 0 saturated carbocycles. The Bertz CT molecular complexity index is 3670. The number of pyridine rings is 1. The Balaban J connectivity index is 0.731. The van der Waals surface area contributed by atoms with Crippen molar-refractivity contribution in [3.8, 4) is 46.6 Å². The number of β-amino-alcohol motifs (C(OH)–C–C–N with tert-alkyl or cyclic N) is 1. The number of aliphatic hydroxyl groups excluding tert-OH is 1. The van der Waals surface area contributed by atoms with Gasteiger partial charge in [-0.3, -0.25) is 24.6 Å². The van der Waals surface area contributed by atoms with E-state index in [0.717, 1.165) is 29.7 Å². The minimum Gasteiger partial charge on any atom is -0.508 e. The number of halogens is 3. The number of anilines is 2. The van der Waals surface area contributed by atoms with Crippen molar-refractivity contribution in [3.05, 3.63) is 102 Å². The molecule has 5 aliphatic heterocycles. The van der Waals surface area contributed by atoms with E-state index in [-0.39, 0.29) is 109 Å². The standard InChI is InChI=1S/C62H70F3N13O6/c1-6-45-48(63)14-11-38-23-43(79)24-46(52(38)45)54-53(64)55-47(31-68-54)57(77-33-40-12-13-41(34-77)73-40)75-59(74-55)83-22-16-39-25-61(65,17-19-67-39)26-42-29-66-20-21-78(42)50-32-71-84-56(50)60(3,4)28-51(81)62(27-44(80)30-69-62)58(82)72-35(2)36-7-9-37(10-8-36)49-15-18-70-76(49)5/h1,7-11,14-15,18,23-24,31-32,35,39-42,44,66-67,69,73,79-80H,12-13,16-17,19-22,25-30,33-34H2,2-5H3,(H,72,82)/t35-,39?,40?,41?,42?,44?,61?,62+/m0/s1. The van der Waals surface area contributed by atoms with Gasteiger partial charge in [-0.1, -0.05) is 55.3 Å². The van der Waals surface area contributed by atoms with E-state index in [1.165, 1.54) is 30.5 Å². The first-order valence-electron chi connectivity index (χ1n) is 29.0. The maximum absolute atomic E-state index is 17.6. The maximum Gasteiger partial charge on any atom is 0.319 e. The van der Waals surface area contributed by atoms with Crippen LogP contribution in [0.5, 0.6) is 11.8 Å². The molecule has 6 unspecified atom stereocenters. The molecule has 3 aromatic carbocycles. The molecule has 8 atom stereocenters. The van der Waals surface area contributed by atoms with E-state index >= 15 is 13.2 Å². The second kappa shape index (κ2) is 22.7. The van der Waals surface area contributed by atoms with Crippen molar-refractivity contribution in [3.63, 3.8) is 0 Å². The van der Waals surface area contributed by atoms with Gasteiger partial charge in [-0.25, -0.2) is 13.2 Å². The van der Waals surface area contributed by atoms with Gasteiger partial charge in [0.15, 0.2) is 22.9 Å². The minimum absolute atomic E-state index is 0.0673. The number of benzene rings is 3. The van der Waals surface area contributed by atoms with Gasteiger partial charge in [-0.2, -0.15) is 15.1 Å². The number of ether oxygens (including phenoxy) is 1. The number of fused-ring (bicyclic) bond motifs is 4. The van der Waals surface area contributed by atoms with Crippen LogP contribution in [0.4, 0.5) is 24.7 Å². The van der Waals surface area contributed by atoms with Gasteiger partial charge >= 0.3 is 6.01 Å². The number of piperazine rings is 2. The van der Waals surface area contributed by atoms with Gasteiger partial charge in [0.1, 0.15) is 40.0 Å². The van der Waals surface area contributed by atoms with E-state index in [4.69, 9.17) is 20.7 Å². The number of aryl methyl sites for hydroxylation is 1. The number of hydrogen-bond donors (Lipinski definition) is 7. The Morgan fingerprint density at radius 3 is 2.57 bits per heavy atom. The molecule has 5 saturated heterocycles. The molecule has 0 aliphatic carbocycles. The summed E-state index contributed by atoms with van der Waals surface area (Å²) >= 11 is 0. The van der Waals surface area contributed by atoms with Crippen LogP contribution in [-0.4, -0.2) is 146 Å². The lowest BCUT2D eigenvalue weighted by Crippen LogP contribution is -2.60. The van der Waals surface area contributed by atoms with Crippen molar-refractivity contribution in [1.29, 1.82) is 0 Å². The summed E-state index contributed by atoms with van der Waals surface area (Å²) in [5.74, 6) is 0.674. The van der Waals surface area contributed by atoms with E-state index in [1.807, 2.05) is 58.2 Å². The Morgan fingerprint density at radius 1 is 1.04 bits per heavy atom. The third kappa shape index (κ3) is 10.9. The first kappa shape index (κ1) is 56.8. The Hall–Kier alpha value is -7.68. The summed E-state index contributed by atoms with van der Waals surface area (Å²) < 4.78 is 64.0. The number of rotatable bonds is 17. The molecule has 0 spiro atoms. The predicted octanol–water partition coefficient (Wildman–Crippen LogP) is 6.44. The molecule has 7 N–H and O–H groups in total. The number of hydrogen-bond acceptors (Lipinski definition) is 17. The Labute approximate surface area is 484 Å². The first-order chi connectivity index (χ1) is 40.4. The van der Waals surface area contributed by atoms with Crippen molar-refractivity contribution >= 4 is 44.9 Å². The van der Waals surface area contributed by atoms with Gasteiger partial charge in [-0.15, -0.1) is 6.42 Å². The Kier molecular flexibility index (Phi) is 15.4. The highest BCUT2D eigenvalue weighted by molar-refractivity contribution is 6.11. The van der Waals surface area contributed by atoms with Crippen molar-refractivity contribution in [2.24, 2.45) is 7.05 Å². The molecule has 12 rings (SSSR count). The van der Waals surface area contributed by atoms with Crippen molar-refractivity contribution < 1.29 is 42.2 Å². The lowest BCUT2D eigenvalue weighted by atomic mass is 9.77. The fourth-order valence-electron chi connectivity index (χ4n) is 13.6. The van der Waals surface area contributed by atoms with Gasteiger partial charge in [-0.05, 0) is 86.4 Å². The fraction of sp³-hybridized carbons (Fsp3) is 0.468. The molecule has 22 heteroatoms. The number of aromatic nitrogens is 6. The number of Topliss-reactive ketones (excluding diaryl/α,β-unsaturated/α-hetero) is 1. The van der Waals surface area contributed by atoms with Gasteiger partial charge < -0.3 is 50.5 Å². The predicted molar refractivity (Wildman–Crippen MR) is 311 cm³/mol. The second-order valence-electron chi connectivity index (χ2n) is 24.2. The first-order valence-corrected chi connectivity index (χ1v) is 29.0. The zero-order chi connectivity index (χ0) is 58.7. The summed E-state index contributed by atoms with van der Waals surface area (Å²) in [6.45, 7) is 9.03. The van der Waals surface area contributed by atoms with Crippen LogP contribution in [0.2, 0.25) is 0 Å². The molecular weight excluding hydrogens is 1080 g/mol. The van der Waals surface area contributed by atoms with Crippen LogP contribution in [0.25, 0.3) is 44.2 Å². The number of ketones is 1. The summed E-state index contributed by atoms with van der Waals surface area (Å²) in [5.41, 5.74) is -1.12. The molecule has 2 bridgehead atoms. The van der Waals surface area contributed by atoms with Crippen LogP contribution < -0.4 is 41.1 Å². The highest BCUT2D eigenvalue weighted by Crippen LogP contribution is 2.43. The smallest absolute Gasteiger partial charge is 0.319 e. The average Bonchev–Trinajstić information content (AvgIpc) is 1.52. The van der Waals surface area contributed by atoms with E-state index < -0.39 is 52.1 Å². The molecule has 440 valence electrons. The van der Waals surface area contributed by atoms with Crippen LogP contribution in [0.1, 0.15) is 95.1 Å². The molecule has 1 amide bonds. The number of aromatic hydroxyl groups is 1. The van der Waals surface area contributed by atoms with Gasteiger partial charge in [0.2, 0.25) is 5.91 Å². The molecule has 5 aliphatic rings. The maximum atomic E-state index is 17.6.